The Morgan fingerprint density at radius 2 is 2.35 bits per heavy atom. The van der Waals surface area contributed by atoms with E-state index in [-0.39, 0.29) is 11.6 Å². The van der Waals surface area contributed by atoms with E-state index in [1.165, 1.54) is 36.2 Å². The van der Waals surface area contributed by atoms with E-state index >= 15 is 0 Å². The number of aromatic nitrogens is 1. The smallest absolute Gasteiger partial charge is 0.255 e. The maximum Gasteiger partial charge on any atom is 0.255 e. The second kappa shape index (κ2) is 6.95. The van der Waals surface area contributed by atoms with Crippen molar-refractivity contribution in [2.24, 2.45) is 0 Å². The monoisotopic (exact) mass is 295 g/mol. The third-order valence-electron chi connectivity index (χ3n) is 2.46. The van der Waals surface area contributed by atoms with Gasteiger partial charge in [0.1, 0.15) is 12.1 Å². The van der Waals surface area contributed by atoms with Crippen molar-refractivity contribution in [2.75, 3.05) is 16.8 Å². The van der Waals surface area contributed by atoms with Gasteiger partial charge in [-0.25, -0.2) is 9.37 Å². The molecule has 1 aromatic heterocycles. The number of carbonyl (C=O) groups excluding carboxylic acids is 1. The average molecular weight is 295 g/mol. The number of halogens is 1. The molecule has 0 spiro atoms. The van der Waals surface area contributed by atoms with Crippen molar-refractivity contribution >= 4 is 29.0 Å². The summed E-state index contributed by atoms with van der Waals surface area (Å²) in [5.74, 6) is 0.105. The molecule has 2 aromatic rings. The maximum atomic E-state index is 13.0. The number of amides is 1. The fraction of sp³-hybridized carbons (Fsp3) is 0.231. The summed E-state index contributed by atoms with van der Waals surface area (Å²) in [5.41, 5.74) is 5.94. The van der Waals surface area contributed by atoms with Crippen LogP contribution in [0.2, 0.25) is 0 Å². The molecule has 1 aromatic carbocycles. The van der Waals surface area contributed by atoms with Crippen molar-refractivity contribution in [3.63, 3.8) is 0 Å². The van der Waals surface area contributed by atoms with Crippen molar-refractivity contribution in [3.8, 4) is 0 Å². The van der Waals surface area contributed by atoms with E-state index in [9.17, 15) is 9.18 Å². The van der Waals surface area contributed by atoms with Crippen molar-refractivity contribution < 1.29 is 13.6 Å². The van der Waals surface area contributed by atoms with Crippen molar-refractivity contribution in [3.05, 3.63) is 36.5 Å². The molecule has 0 radical (unpaired) electrons. The molecule has 3 N–H and O–H groups in total. The van der Waals surface area contributed by atoms with Crippen LogP contribution in [-0.2, 0) is 4.79 Å². The van der Waals surface area contributed by atoms with Crippen LogP contribution < -0.4 is 11.1 Å². The van der Waals surface area contributed by atoms with E-state index < -0.39 is 5.82 Å². The predicted octanol–water partition coefficient (Wildman–Crippen LogP) is 2.91. The van der Waals surface area contributed by atoms with E-state index in [2.05, 4.69) is 10.3 Å². The number of hydrogen-bond donors (Lipinski definition) is 2. The molecule has 2 rings (SSSR count). The second-order valence-electron chi connectivity index (χ2n) is 4.03. The van der Waals surface area contributed by atoms with Crippen LogP contribution in [0.15, 0.2) is 40.3 Å². The molecule has 0 aliphatic heterocycles. The van der Waals surface area contributed by atoms with E-state index in [1.807, 2.05) is 0 Å². The number of benzene rings is 1. The molecule has 0 aliphatic rings. The van der Waals surface area contributed by atoms with Crippen LogP contribution in [0.3, 0.4) is 0 Å². The zero-order chi connectivity index (χ0) is 14.4. The first-order valence-corrected chi connectivity index (χ1v) is 7.01. The fourth-order valence-electron chi connectivity index (χ4n) is 1.52. The zero-order valence-corrected chi connectivity index (χ0v) is 11.5. The highest BCUT2D eigenvalue weighted by Gasteiger charge is 2.05. The van der Waals surface area contributed by atoms with Gasteiger partial charge in [0.2, 0.25) is 5.91 Å². The maximum absolute atomic E-state index is 13.0. The molecule has 0 saturated carbocycles. The quantitative estimate of drug-likeness (QED) is 0.486. The normalized spacial score (nSPS) is 10.4. The first kappa shape index (κ1) is 14.4. The topological polar surface area (TPSA) is 81.1 Å². The number of hydrogen-bond acceptors (Lipinski definition) is 5. The Balaban J connectivity index is 1.71. The van der Waals surface area contributed by atoms with Crippen molar-refractivity contribution in [1.29, 1.82) is 0 Å². The molecule has 1 amide bonds. The molecule has 0 saturated heterocycles. The van der Waals surface area contributed by atoms with E-state index in [0.717, 1.165) is 5.75 Å². The number of nitrogens with zero attached hydrogens (tertiary/aromatic N) is 1. The SMILES string of the molecule is Nc1cc(NC(=O)CCCSc2ncco2)ccc1F. The number of oxazole rings is 1. The number of carbonyl (C=O) groups is 1. The Hall–Kier alpha value is -2.02. The molecule has 20 heavy (non-hydrogen) atoms. The van der Waals surface area contributed by atoms with Crippen molar-refractivity contribution in [2.45, 2.75) is 18.1 Å². The summed E-state index contributed by atoms with van der Waals surface area (Å²) in [6.07, 6.45) is 4.14. The first-order chi connectivity index (χ1) is 9.65. The standard InChI is InChI=1S/C13H14FN3O2S/c14-10-4-3-9(8-11(10)15)17-12(18)2-1-7-20-13-16-5-6-19-13/h3-6,8H,1-2,7,15H2,(H,17,18). The summed E-state index contributed by atoms with van der Waals surface area (Å²) >= 11 is 1.45. The molecule has 0 atom stereocenters. The summed E-state index contributed by atoms with van der Waals surface area (Å²) in [5, 5.41) is 3.26. The highest BCUT2D eigenvalue weighted by atomic mass is 32.2. The van der Waals surface area contributed by atoms with Gasteiger partial charge in [0.25, 0.3) is 5.22 Å². The minimum Gasteiger partial charge on any atom is -0.440 e. The molecule has 0 aliphatic carbocycles. The van der Waals surface area contributed by atoms with Gasteiger partial charge in [-0.05, 0) is 24.6 Å². The second-order valence-corrected chi connectivity index (χ2v) is 5.08. The summed E-state index contributed by atoms with van der Waals surface area (Å²) < 4.78 is 18.0. The van der Waals surface area contributed by atoms with Gasteiger partial charge >= 0.3 is 0 Å². The Kier molecular flexibility index (Phi) is 5.00. The van der Waals surface area contributed by atoms with E-state index in [4.69, 9.17) is 10.2 Å². The van der Waals surface area contributed by atoms with Crippen LogP contribution in [0.25, 0.3) is 0 Å². The number of nitrogen functional groups attached to an aromatic ring is 1. The van der Waals surface area contributed by atoms with Crippen LogP contribution in [-0.4, -0.2) is 16.6 Å². The molecule has 5 nitrogen and oxygen atoms in total. The lowest BCUT2D eigenvalue weighted by atomic mass is 10.2. The largest absolute Gasteiger partial charge is 0.440 e. The van der Waals surface area contributed by atoms with E-state index in [0.29, 0.717) is 23.8 Å². The summed E-state index contributed by atoms with van der Waals surface area (Å²) in [6.45, 7) is 0. The molecule has 1 heterocycles. The molecule has 106 valence electrons. The Labute approximate surface area is 119 Å². The minimum absolute atomic E-state index is 0.0160. The molecule has 7 heteroatoms. The van der Waals surface area contributed by atoms with Gasteiger partial charge in [0.05, 0.1) is 11.9 Å². The molecule has 0 fully saturated rings. The van der Waals surface area contributed by atoms with Gasteiger partial charge < -0.3 is 15.5 Å². The van der Waals surface area contributed by atoms with E-state index in [1.54, 1.807) is 6.20 Å². The van der Waals surface area contributed by atoms with Crippen LogP contribution in [0.5, 0.6) is 0 Å². The molecular weight excluding hydrogens is 281 g/mol. The molecular formula is C13H14FN3O2S. The number of rotatable bonds is 6. The first-order valence-electron chi connectivity index (χ1n) is 6.02. The van der Waals surface area contributed by atoms with Gasteiger partial charge in [0.15, 0.2) is 0 Å². The number of anilines is 2. The highest BCUT2D eigenvalue weighted by molar-refractivity contribution is 7.99. The van der Waals surface area contributed by atoms with Crippen LogP contribution in [0, 0.1) is 5.82 Å². The lowest BCUT2D eigenvalue weighted by Gasteiger charge is -2.06. The number of thioether (sulfide) groups is 1. The Morgan fingerprint density at radius 3 is 3.05 bits per heavy atom. The van der Waals surface area contributed by atoms with Crippen LogP contribution in [0.1, 0.15) is 12.8 Å². The molecule has 0 bridgehead atoms. The third kappa shape index (κ3) is 4.27. The zero-order valence-electron chi connectivity index (χ0n) is 10.6. The summed E-state index contributed by atoms with van der Waals surface area (Å²) in [6, 6.07) is 4.10. The van der Waals surface area contributed by atoms with Gasteiger partial charge in [-0.1, -0.05) is 11.8 Å². The predicted molar refractivity (Wildman–Crippen MR) is 75.9 cm³/mol. The Bertz CT molecular complexity index is 575. The van der Waals surface area contributed by atoms with Gasteiger partial charge in [-0.2, -0.15) is 0 Å². The minimum atomic E-state index is -0.495. The van der Waals surface area contributed by atoms with Gasteiger partial charge in [-0.15, -0.1) is 0 Å². The Morgan fingerprint density at radius 1 is 1.50 bits per heavy atom. The van der Waals surface area contributed by atoms with Gasteiger partial charge in [0, 0.05) is 17.9 Å². The summed E-state index contributed by atoms with van der Waals surface area (Å²) in [7, 11) is 0. The lowest BCUT2D eigenvalue weighted by Crippen LogP contribution is -2.11. The average Bonchev–Trinajstić information content (AvgIpc) is 2.92. The number of nitrogens with two attached hydrogens (primary N) is 1. The van der Waals surface area contributed by atoms with Crippen LogP contribution in [0.4, 0.5) is 15.8 Å². The van der Waals surface area contributed by atoms with Crippen LogP contribution >= 0.6 is 11.8 Å². The highest BCUT2D eigenvalue weighted by Crippen LogP contribution is 2.18. The number of nitrogens with one attached hydrogen (secondary N) is 1. The lowest BCUT2D eigenvalue weighted by molar-refractivity contribution is -0.116. The summed E-state index contributed by atoms with van der Waals surface area (Å²) in [4.78, 5) is 15.6. The molecule has 0 unspecified atom stereocenters. The van der Waals surface area contributed by atoms with Gasteiger partial charge in [-0.3, -0.25) is 4.79 Å². The van der Waals surface area contributed by atoms with Crippen molar-refractivity contribution in [1.82, 2.24) is 4.98 Å². The third-order valence-corrected chi connectivity index (χ3v) is 3.40. The fourth-order valence-corrected chi connectivity index (χ4v) is 2.24.